The topological polar surface area (TPSA) is 108 Å². The van der Waals surface area contributed by atoms with Gasteiger partial charge in [0, 0.05) is 19.0 Å². The number of urea groups is 1. The second kappa shape index (κ2) is 16.5. The fraction of sp³-hybridized carbons (Fsp3) is 0.630. The molecule has 1 aromatic rings. The molecule has 3 amide bonds. The number of amides is 3. The maximum absolute atomic E-state index is 13.3. The number of rotatable bonds is 16. The van der Waals surface area contributed by atoms with Gasteiger partial charge in [0.2, 0.25) is 5.91 Å². The van der Waals surface area contributed by atoms with Gasteiger partial charge in [-0.2, -0.15) is 0 Å². The Morgan fingerprint density at radius 3 is 2.53 bits per heavy atom. The van der Waals surface area contributed by atoms with Gasteiger partial charge < -0.3 is 39.2 Å². The molecular formula is C27H39N3O7S. The van der Waals surface area contributed by atoms with E-state index in [1.54, 1.807) is 7.11 Å². The van der Waals surface area contributed by atoms with Crippen molar-refractivity contribution in [1.29, 1.82) is 0 Å². The van der Waals surface area contributed by atoms with Crippen LogP contribution in [0.1, 0.15) is 18.1 Å². The number of carbonyl (C=O) groups excluding carboxylic acids is 2. The number of ether oxygens (including phenoxy) is 5. The van der Waals surface area contributed by atoms with Crippen LogP contribution in [0.4, 0.5) is 4.79 Å². The van der Waals surface area contributed by atoms with Crippen molar-refractivity contribution in [2.24, 2.45) is 5.92 Å². The van der Waals surface area contributed by atoms with Crippen molar-refractivity contribution < 1.29 is 33.3 Å². The lowest BCUT2D eigenvalue weighted by atomic mass is 9.94. The number of hydrogen-bond acceptors (Lipinski definition) is 8. The molecule has 0 aliphatic carbocycles. The summed E-state index contributed by atoms with van der Waals surface area (Å²) >= 11 is 1.47. The Balaban J connectivity index is 1.45. The zero-order chi connectivity index (χ0) is 27.2. The van der Waals surface area contributed by atoms with E-state index in [4.69, 9.17) is 30.1 Å². The van der Waals surface area contributed by atoms with Crippen LogP contribution in [0.3, 0.4) is 0 Å². The molecule has 3 rings (SSSR count). The van der Waals surface area contributed by atoms with E-state index in [9.17, 15) is 9.59 Å². The Morgan fingerprint density at radius 2 is 1.82 bits per heavy atom. The van der Waals surface area contributed by atoms with Gasteiger partial charge in [0.05, 0.1) is 70.5 Å². The highest BCUT2D eigenvalue weighted by Gasteiger charge is 2.32. The van der Waals surface area contributed by atoms with Crippen molar-refractivity contribution in [3.8, 4) is 18.1 Å². The number of benzene rings is 1. The number of terminal acetylenes is 1. The highest BCUT2D eigenvalue weighted by Crippen LogP contribution is 2.28. The molecule has 1 aromatic carbocycles. The predicted molar refractivity (Wildman–Crippen MR) is 145 cm³/mol. The first-order chi connectivity index (χ1) is 18.5. The van der Waals surface area contributed by atoms with Crippen LogP contribution >= 0.6 is 11.8 Å². The molecule has 2 aliphatic rings. The van der Waals surface area contributed by atoms with Crippen molar-refractivity contribution in [3.05, 3.63) is 29.3 Å². The van der Waals surface area contributed by atoms with E-state index in [-0.39, 0.29) is 41.6 Å². The van der Waals surface area contributed by atoms with Crippen LogP contribution in [0.5, 0.6) is 5.75 Å². The Bertz CT molecular complexity index is 942. The molecule has 2 unspecified atom stereocenters. The van der Waals surface area contributed by atoms with Crippen molar-refractivity contribution in [3.63, 3.8) is 0 Å². The summed E-state index contributed by atoms with van der Waals surface area (Å²) in [6.07, 6.45) is 5.80. The summed E-state index contributed by atoms with van der Waals surface area (Å²) in [4.78, 5) is 26.9. The fourth-order valence-electron chi connectivity index (χ4n) is 4.23. The van der Waals surface area contributed by atoms with Gasteiger partial charge in [0.1, 0.15) is 12.4 Å². The molecule has 2 aliphatic heterocycles. The Labute approximate surface area is 229 Å². The third kappa shape index (κ3) is 9.67. The monoisotopic (exact) mass is 549 g/mol. The number of hydrogen-bond donors (Lipinski definition) is 2. The van der Waals surface area contributed by atoms with Crippen LogP contribution in [0, 0.1) is 18.3 Å². The second-order valence-electron chi connectivity index (χ2n) is 9.13. The molecule has 1 saturated heterocycles. The minimum atomic E-state index is -0.192. The number of nitrogens with zero attached hydrogens (tertiary/aromatic N) is 1. The first-order valence-corrected chi connectivity index (χ1v) is 13.9. The van der Waals surface area contributed by atoms with Gasteiger partial charge in [-0.15, -0.1) is 18.2 Å². The quantitative estimate of drug-likeness (QED) is 0.237. The molecule has 210 valence electrons. The second-order valence-corrected chi connectivity index (χ2v) is 10.3. The maximum atomic E-state index is 13.3. The maximum Gasteiger partial charge on any atom is 0.315 e. The fourth-order valence-corrected chi connectivity index (χ4v) is 5.34. The van der Waals surface area contributed by atoms with Crippen LogP contribution in [-0.2, 0) is 36.7 Å². The van der Waals surface area contributed by atoms with E-state index in [1.165, 1.54) is 11.8 Å². The molecule has 0 bridgehead atoms. The summed E-state index contributed by atoms with van der Waals surface area (Å²) in [5, 5.41) is 5.60. The van der Waals surface area contributed by atoms with E-state index in [2.05, 4.69) is 23.5 Å². The first kappa shape index (κ1) is 30.1. The van der Waals surface area contributed by atoms with Crippen molar-refractivity contribution in [2.45, 2.75) is 31.3 Å². The smallest absolute Gasteiger partial charge is 0.315 e. The molecular weight excluding hydrogens is 510 g/mol. The number of carbonyl (C=O) groups is 2. The largest absolute Gasteiger partial charge is 0.497 e. The standard InChI is InChI=1S/C27H39N3O7S/c1-4-7-34-8-9-35-10-11-36-12-13-37-18-23-14-22-15-24(33-3)6-5-21(22)17-30(23)25(31)19-38-26-20(2)16-28-27(32)29-26/h1,5-6,15,20,23,26H,7-14,16-19H2,2-3H3,(H2,28,29,32)/t20?,23-,26?/m0/s1. The molecule has 10 nitrogen and oxygen atoms in total. The molecule has 3 atom stereocenters. The zero-order valence-electron chi connectivity index (χ0n) is 22.2. The predicted octanol–water partition coefficient (Wildman–Crippen LogP) is 1.66. The van der Waals surface area contributed by atoms with Crippen molar-refractivity contribution in [2.75, 3.05) is 72.3 Å². The third-order valence-corrected chi connectivity index (χ3v) is 7.70. The SMILES string of the molecule is C#CCOCCOCCOCCOC[C@@H]1Cc2cc(OC)ccc2CN1C(=O)CSC1NC(=O)NCC1C. The zero-order valence-corrected chi connectivity index (χ0v) is 23.1. The Kier molecular flexibility index (Phi) is 13.0. The normalized spacial score (nSPS) is 20.7. The first-order valence-electron chi connectivity index (χ1n) is 12.9. The highest BCUT2D eigenvalue weighted by molar-refractivity contribution is 8.00. The van der Waals surface area contributed by atoms with Crippen LogP contribution in [0.15, 0.2) is 18.2 Å². The van der Waals surface area contributed by atoms with E-state index < -0.39 is 0 Å². The molecule has 11 heteroatoms. The van der Waals surface area contributed by atoms with Crippen molar-refractivity contribution in [1.82, 2.24) is 15.5 Å². The Morgan fingerprint density at radius 1 is 1.11 bits per heavy atom. The molecule has 0 spiro atoms. The average Bonchev–Trinajstić information content (AvgIpc) is 2.93. The summed E-state index contributed by atoms with van der Waals surface area (Å²) < 4.78 is 27.4. The molecule has 2 N–H and O–H groups in total. The lowest BCUT2D eigenvalue weighted by Crippen LogP contribution is -2.53. The van der Waals surface area contributed by atoms with Gasteiger partial charge in [-0.3, -0.25) is 4.79 Å². The summed E-state index contributed by atoms with van der Waals surface area (Å²) in [6.45, 7) is 6.58. The molecule has 1 fully saturated rings. The van der Waals surface area contributed by atoms with E-state index in [0.29, 0.717) is 65.8 Å². The number of fused-ring (bicyclic) bond motifs is 1. The minimum absolute atomic E-state index is 0.0321. The van der Waals surface area contributed by atoms with Gasteiger partial charge in [-0.25, -0.2) is 4.79 Å². The van der Waals surface area contributed by atoms with Gasteiger partial charge >= 0.3 is 6.03 Å². The lowest BCUT2D eigenvalue weighted by molar-refractivity contribution is -0.133. The van der Waals surface area contributed by atoms with Gasteiger partial charge in [-0.05, 0) is 29.7 Å². The molecule has 0 saturated carbocycles. The summed E-state index contributed by atoms with van der Waals surface area (Å²) in [5.41, 5.74) is 2.27. The van der Waals surface area contributed by atoms with Crippen LogP contribution in [-0.4, -0.2) is 101 Å². The molecule has 2 heterocycles. The number of methoxy groups -OCH3 is 1. The highest BCUT2D eigenvalue weighted by atomic mass is 32.2. The van der Waals surface area contributed by atoms with Crippen molar-refractivity contribution >= 4 is 23.7 Å². The van der Waals surface area contributed by atoms with Crippen LogP contribution in [0.2, 0.25) is 0 Å². The summed E-state index contributed by atoms with van der Waals surface area (Å²) in [7, 11) is 1.65. The van der Waals surface area contributed by atoms with E-state index in [0.717, 1.165) is 16.9 Å². The molecule has 0 radical (unpaired) electrons. The van der Waals surface area contributed by atoms with E-state index >= 15 is 0 Å². The van der Waals surface area contributed by atoms with Crippen LogP contribution in [0.25, 0.3) is 0 Å². The van der Waals surface area contributed by atoms with Crippen LogP contribution < -0.4 is 15.4 Å². The Hall–Kier alpha value is -2.49. The van der Waals surface area contributed by atoms with Gasteiger partial charge in [0.25, 0.3) is 0 Å². The third-order valence-electron chi connectivity index (χ3n) is 6.34. The molecule has 38 heavy (non-hydrogen) atoms. The lowest BCUT2D eigenvalue weighted by Gasteiger charge is -2.37. The van der Waals surface area contributed by atoms with Gasteiger partial charge in [0.15, 0.2) is 0 Å². The van der Waals surface area contributed by atoms with Gasteiger partial charge in [-0.1, -0.05) is 18.9 Å². The number of nitrogens with one attached hydrogen (secondary N) is 2. The number of thioether (sulfide) groups is 1. The summed E-state index contributed by atoms with van der Waals surface area (Å²) in [6, 6.07) is 5.68. The average molecular weight is 550 g/mol. The van der Waals surface area contributed by atoms with E-state index in [1.807, 2.05) is 23.1 Å². The summed E-state index contributed by atoms with van der Waals surface area (Å²) in [5.74, 6) is 3.75. The minimum Gasteiger partial charge on any atom is -0.497 e. The molecule has 0 aromatic heterocycles.